The lowest BCUT2D eigenvalue weighted by atomic mass is 9.74. The molecule has 0 saturated carbocycles. The Hall–Kier alpha value is -3.28. The van der Waals surface area contributed by atoms with Crippen molar-refractivity contribution >= 4 is 5.91 Å². The Labute approximate surface area is 182 Å². The Morgan fingerprint density at radius 1 is 1.16 bits per heavy atom. The van der Waals surface area contributed by atoms with Gasteiger partial charge in [0.15, 0.2) is 11.5 Å². The fraction of sp³-hybridized carbons (Fsp3) is 0.360. The lowest BCUT2D eigenvalue weighted by Crippen LogP contribution is -2.37. The topological polar surface area (TPSA) is 65.4 Å². The SMILES string of the molecule is Cc1ccc(-n2ncc3c2CC(C)(C)C[C@@H]3NC(=O)Cc2ccc3c(c2)OCO3)cc1. The maximum Gasteiger partial charge on any atom is 0.231 e. The predicted octanol–water partition coefficient (Wildman–Crippen LogP) is 4.28. The summed E-state index contributed by atoms with van der Waals surface area (Å²) in [5.41, 5.74) is 5.53. The number of amides is 1. The second-order valence-electron chi connectivity index (χ2n) is 9.32. The summed E-state index contributed by atoms with van der Waals surface area (Å²) in [4.78, 5) is 12.9. The molecule has 1 N–H and O–H groups in total. The monoisotopic (exact) mass is 417 g/mol. The van der Waals surface area contributed by atoms with Crippen LogP contribution in [-0.4, -0.2) is 22.5 Å². The van der Waals surface area contributed by atoms with Crippen LogP contribution in [0.4, 0.5) is 0 Å². The zero-order valence-electron chi connectivity index (χ0n) is 18.1. The highest BCUT2D eigenvalue weighted by molar-refractivity contribution is 5.79. The average molecular weight is 418 g/mol. The molecule has 0 radical (unpaired) electrons. The van der Waals surface area contributed by atoms with E-state index >= 15 is 0 Å². The quantitative estimate of drug-likeness (QED) is 0.688. The summed E-state index contributed by atoms with van der Waals surface area (Å²) in [6.45, 7) is 6.81. The Bertz CT molecular complexity index is 1130. The number of aryl methyl sites for hydroxylation is 1. The lowest BCUT2D eigenvalue weighted by Gasteiger charge is -2.36. The van der Waals surface area contributed by atoms with E-state index in [1.165, 1.54) is 11.3 Å². The van der Waals surface area contributed by atoms with Gasteiger partial charge in [-0.25, -0.2) is 4.68 Å². The third-order valence-corrected chi connectivity index (χ3v) is 6.09. The summed E-state index contributed by atoms with van der Waals surface area (Å²) in [7, 11) is 0. The first-order valence-electron chi connectivity index (χ1n) is 10.7. The number of benzene rings is 2. The number of fused-ring (bicyclic) bond motifs is 2. The molecule has 2 aromatic carbocycles. The highest BCUT2D eigenvalue weighted by Crippen LogP contribution is 2.41. The van der Waals surface area contributed by atoms with Gasteiger partial charge < -0.3 is 14.8 Å². The summed E-state index contributed by atoms with van der Waals surface area (Å²) in [5, 5.41) is 7.94. The van der Waals surface area contributed by atoms with Crippen LogP contribution in [0.25, 0.3) is 5.69 Å². The molecule has 1 amide bonds. The summed E-state index contributed by atoms with van der Waals surface area (Å²) in [6, 6.07) is 14.0. The van der Waals surface area contributed by atoms with Crippen molar-refractivity contribution in [3.8, 4) is 17.2 Å². The number of rotatable bonds is 4. The minimum Gasteiger partial charge on any atom is -0.454 e. The van der Waals surface area contributed by atoms with Gasteiger partial charge >= 0.3 is 0 Å². The molecular formula is C25H27N3O3. The number of aromatic nitrogens is 2. The molecular weight excluding hydrogens is 390 g/mol. The molecule has 0 fully saturated rings. The van der Waals surface area contributed by atoms with Crippen LogP contribution in [0.3, 0.4) is 0 Å². The molecule has 1 atom stereocenters. The van der Waals surface area contributed by atoms with Gasteiger partial charge in [0.2, 0.25) is 12.7 Å². The predicted molar refractivity (Wildman–Crippen MR) is 118 cm³/mol. The van der Waals surface area contributed by atoms with Crippen LogP contribution in [0.5, 0.6) is 11.5 Å². The van der Waals surface area contributed by atoms with Gasteiger partial charge in [-0.1, -0.05) is 37.6 Å². The van der Waals surface area contributed by atoms with Gasteiger partial charge in [-0.3, -0.25) is 4.79 Å². The molecule has 2 aliphatic rings. The second-order valence-corrected chi connectivity index (χ2v) is 9.32. The number of hydrogen-bond donors (Lipinski definition) is 1. The zero-order chi connectivity index (χ0) is 21.6. The molecule has 1 aromatic heterocycles. The van der Waals surface area contributed by atoms with Gasteiger partial charge in [0.05, 0.1) is 30.0 Å². The van der Waals surface area contributed by atoms with E-state index < -0.39 is 0 Å². The summed E-state index contributed by atoms with van der Waals surface area (Å²) in [5.74, 6) is 1.42. The van der Waals surface area contributed by atoms with E-state index in [4.69, 9.17) is 9.47 Å². The molecule has 160 valence electrons. The molecule has 5 rings (SSSR count). The molecule has 2 heterocycles. The van der Waals surface area contributed by atoms with Crippen LogP contribution in [0.2, 0.25) is 0 Å². The van der Waals surface area contributed by atoms with Gasteiger partial charge in [0.1, 0.15) is 0 Å². The summed E-state index contributed by atoms with van der Waals surface area (Å²) >= 11 is 0. The number of nitrogens with one attached hydrogen (secondary N) is 1. The molecule has 0 saturated heterocycles. The van der Waals surface area contributed by atoms with Crippen molar-refractivity contribution in [3.63, 3.8) is 0 Å². The maximum absolute atomic E-state index is 12.9. The molecule has 1 aliphatic carbocycles. The third kappa shape index (κ3) is 3.90. The normalized spacial score (nSPS) is 18.5. The Balaban J connectivity index is 1.37. The van der Waals surface area contributed by atoms with Gasteiger partial charge in [-0.05, 0) is 55.0 Å². The summed E-state index contributed by atoms with van der Waals surface area (Å²) in [6.07, 6.45) is 4.02. The Kier molecular flexibility index (Phi) is 4.73. The van der Waals surface area contributed by atoms with Crippen LogP contribution < -0.4 is 14.8 Å². The van der Waals surface area contributed by atoms with Crippen LogP contribution in [0, 0.1) is 12.3 Å². The van der Waals surface area contributed by atoms with Crippen LogP contribution in [-0.2, 0) is 17.6 Å². The zero-order valence-corrected chi connectivity index (χ0v) is 18.1. The van der Waals surface area contributed by atoms with Crippen LogP contribution in [0.15, 0.2) is 48.7 Å². The van der Waals surface area contributed by atoms with E-state index in [0.29, 0.717) is 12.2 Å². The van der Waals surface area contributed by atoms with Gasteiger partial charge in [-0.2, -0.15) is 5.10 Å². The molecule has 3 aromatic rings. The van der Waals surface area contributed by atoms with Crippen molar-refractivity contribution in [1.82, 2.24) is 15.1 Å². The molecule has 1 aliphatic heterocycles. The van der Waals surface area contributed by atoms with Crippen molar-refractivity contribution in [2.75, 3.05) is 6.79 Å². The van der Waals surface area contributed by atoms with E-state index in [9.17, 15) is 4.79 Å². The van der Waals surface area contributed by atoms with E-state index in [-0.39, 0.29) is 24.2 Å². The average Bonchev–Trinajstić information content (AvgIpc) is 3.34. The molecule has 6 nitrogen and oxygen atoms in total. The highest BCUT2D eigenvalue weighted by atomic mass is 16.7. The number of carbonyl (C=O) groups excluding carboxylic acids is 1. The van der Waals surface area contributed by atoms with E-state index in [1.54, 1.807) is 0 Å². The van der Waals surface area contributed by atoms with Gasteiger partial charge in [0.25, 0.3) is 0 Å². The van der Waals surface area contributed by atoms with Gasteiger partial charge in [-0.15, -0.1) is 0 Å². The number of carbonyl (C=O) groups is 1. The standard InChI is InChI=1S/C25H27N3O3/c1-16-4-7-18(8-5-16)28-21-13-25(2,3)12-20(19(21)14-26-28)27-24(29)11-17-6-9-22-23(10-17)31-15-30-22/h4-10,14,20H,11-13,15H2,1-3H3,(H,27,29)/t20-/m0/s1. The van der Waals surface area contributed by atoms with Crippen molar-refractivity contribution in [2.45, 2.75) is 46.1 Å². The van der Waals surface area contributed by atoms with Crippen LogP contribution in [0.1, 0.15) is 48.7 Å². The van der Waals surface area contributed by atoms with Crippen molar-refractivity contribution in [1.29, 1.82) is 0 Å². The number of ether oxygens (including phenoxy) is 2. The third-order valence-electron chi connectivity index (χ3n) is 6.09. The largest absolute Gasteiger partial charge is 0.454 e. The minimum atomic E-state index is -0.0561. The highest BCUT2D eigenvalue weighted by Gasteiger charge is 2.36. The number of hydrogen-bond acceptors (Lipinski definition) is 4. The van der Waals surface area contributed by atoms with Crippen LogP contribution >= 0.6 is 0 Å². The minimum absolute atomic E-state index is 0.00407. The smallest absolute Gasteiger partial charge is 0.231 e. The van der Waals surface area contributed by atoms with E-state index in [0.717, 1.165) is 35.4 Å². The van der Waals surface area contributed by atoms with Crippen molar-refractivity contribution < 1.29 is 14.3 Å². The fourth-order valence-electron chi connectivity index (χ4n) is 4.56. The second kappa shape index (κ2) is 7.45. The first-order chi connectivity index (χ1) is 14.9. The number of nitrogens with zero attached hydrogens (tertiary/aromatic N) is 2. The molecule has 0 spiro atoms. The van der Waals surface area contributed by atoms with Gasteiger partial charge in [0, 0.05) is 5.56 Å². The molecule has 31 heavy (non-hydrogen) atoms. The Morgan fingerprint density at radius 3 is 2.74 bits per heavy atom. The summed E-state index contributed by atoms with van der Waals surface area (Å²) < 4.78 is 12.8. The van der Waals surface area contributed by atoms with E-state index in [1.807, 2.05) is 29.1 Å². The van der Waals surface area contributed by atoms with Crippen molar-refractivity contribution in [2.24, 2.45) is 5.41 Å². The molecule has 6 heteroatoms. The first-order valence-corrected chi connectivity index (χ1v) is 10.7. The fourth-order valence-corrected chi connectivity index (χ4v) is 4.56. The molecule has 0 bridgehead atoms. The molecule has 0 unspecified atom stereocenters. The van der Waals surface area contributed by atoms with Crippen molar-refractivity contribution in [3.05, 3.63) is 71.0 Å². The lowest BCUT2D eigenvalue weighted by molar-refractivity contribution is -0.121. The maximum atomic E-state index is 12.9. The Morgan fingerprint density at radius 2 is 1.94 bits per heavy atom. The van der Waals surface area contributed by atoms with E-state index in [2.05, 4.69) is 55.5 Å². The first kappa shape index (κ1) is 19.7.